The standard InChI is InChI=1S/C17H16BrNO4S/c1-11-10-15(17(20)21)14-4-2-3-5-16(14)19(11)24(22,23)13-8-6-12(18)7-9-13/h2-9,11,15H,10H2,1H3,(H,20,21). The van der Waals surface area contributed by atoms with Crippen LogP contribution < -0.4 is 4.31 Å². The lowest BCUT2D eigenvalue weighted by Gasteiger charge is -2.38. The van der Waals surface area contributed by atoms with E-state index in [-0.39, 0.29) is 11.3 Å². The van der Waals surface area contributed by atoms with Gasteiger partial charge in [-0.2, -0.15) is 0 Å². The Morgan fingerprint density at radius 1 is 1.17 bits per heavy atom. The maximum absolute atomic E-state index is 13.1. The summed E-state index contributed by atoms with van der Waals surface area (Å²) in [5.41, 5.74) is 0.968. The minimum absolute atomic E-state index is 0.182. The molecule has 2 aromatic carbocycles. The maximum atomic E-state index is 13.1. The summed E-state index contributed by atoms with van der Waals surface area (Å²) in [6, 6.07) is 12.8. The molecule has 2 unspecified atom stereocenters. The van der Waals surface area contributed by atoms with Gasteiger partial charge in [0.05, 0.1) is 16.5 Å². The first kappa shape index (κ1) is 17.0. The summed E-state index contributed by atoms with van der Waals surface area (Å²) in [7, 11) is -3.77. The van der Waals surface area contributed by atoms with Crippen LogP contribution in [0.5, 0.6) is 0 Å². The number of hydrogen-bond acceptors (Lipinski definition) is 3. The third-order valence-corrected chi connectivity index (χ3v) is 6.67. The van der Waals surface area contributed by atoms with E-state index in [4.69, 9.17) is 0 Å². The van der Waals surface area contributed by atoms with E-state index in [1.54, 1.807) is 43.3 Å². The van der Waals surface area contributed by atoms with Crippen molar-refractivity contribution in [3.63, 3.8) is 0 Å². The minimum Gasteiger partial charge on any atom is -0.481 e. The summed E-state index contributed by atoms with van der Waals surface area (Å²) in [6.45, 7) is 1.74. The van der Waals surface area contributed by atoms with Crippen LogP contribution in [0.4, 0.5) is 5.69 Å². The van der Waals surface area contributed by atoms with Crippen molar-refractivity contribution in [1.29, 1.82) is 0 Å². The highest BCUT2D eigenvalue weighted by atomic mass is 79.9. The lowest BCUT2D eigenvalue weighted by atomic mass is 9.87. The largest absolute Gasteiger partial charge is 0.481 e. The van der Waals surface area contributed by atoms with Gasteiger partial charge in [-0.1, -0.05) is 34.1 Å². The Bertz CT molecular complexity index is 880. The van der Waals surface area contributed by atoms with Crippen LogP contribution in [0.25, 0.3) is 0 Å². The SMILES string of the molecule is CC1CC(C(=O)O)c2ccccc2N1S(=O)(=O)c1ccc(Br)cc1. The van der Waals surface area contributed by atoms with Crippen molar-refractivity contribution in [2.45, 2.75) is 30.2 Å². The topological polar surface area (TPSA) is 74.7 Å². The van der Waals surface area contributed by atoms with Crippen molar-refractivity contribution < 1.29 is 18.3 Å². The molecular formula is C17H16BrNO4S. The van der Waals surface area contributed by atoms with Crippen LogP contribution >= 0.6 is 15.9 Å². The average molecular weight is 410 g/mol. The molecule has 24 heavy (non-hydrogen) atoms. The molecule has 1 aliphatic heterocycles. The number of carboxylic acids is 1. The van der Waals surface area contributed by atoms with Gasteiger partial charge in [-0.25, -0.2) is 8.42 Å². The summed E-state index contributed by atoms with van der Waals surface area (Å²) in [5.74, 6) is -1.64. The maximum Gasteiger partial charge on any atom is 0.311 e. The van der Waals surface area contributed by atoms with Crippen LogP contribution in [0.2, 0.25) is 0 Å². The molecule has 3 rings (SSSR count). The number of benzene rings is 2. The molecule has 0 saturated heterocycles. The van der Waals surface area contributed by atoms with Gasteiger partial charge < -0.3 is 5.11 Å². The fraction of sp³-hybridized carbons (Fsp3) is 0.235. The predicted molar refractivity (Wildman–Crippen MR) is 94.7 cm³/mol. The Hall–Kier alpha value is -1.86. The normalized spacial score (nSPS) is 20.5. The van der Waals surface area contributed by atoms with Gasteiger partial charge in [-0.15, -0.1) is 0 Å². The zero-order valence-corrected chi connectivity index (χ0v) is 15.3. The zero-order chi connectivity index (χ0) is 17.5. The molecule has 0 saturated carbocycles. The summed E-state index contributed by atoms with van der Waals surface area (Å²) < 4.78 is 28.4. The van der Waals surface area contributed by atoms with Crippen molar-refractivity contribution in [3.8, 4) is 0 Å². The second-order valence-corrected chi connectivity index (χ2v) is 8.52. The number of rotatable bonds is 3. The number of carbonyl (C=O) groups is 1. The van der Waals surface area contributed by atoms with E-state index in [1.165, 1.54) is 16.4 Å². The summed E-state index contributed by atoms with van der Waals surface area (Å²) in [5, 5.41) is 9.47. The van der Waals surface area contributed by atoms with Crippen LogP contribution in [0.3, 0.4) is 0 Å². The van der Waals surface area contributed by atoms with Crippen molar-refractivity contribution >= 4 is 37.6 Å². The Morgan fingerprint density at radius 3 is 2.42 bits per heavy atom. The van der Waals surface area contributed by atoms with E-state index in [9.17, 15) is 18.3 Å². The highest BCUT2D eigenvalue weighted by Crippen LogP contribution is 2.41. The van der Waals surface area contributed by atoms with Gasteiger partial charge in [0.2, 0.25) is 0 Å². The van der Waals surface area contributed by atoms with Gasteiger partial charge >= 0.3 is 5.97 Å². The second-order valence-electron chi connectivity index (χ2n) is 5.79. The first-order valence-corrected chi connectivity index (χ1v) is 9.67. The van der Waals surface area contributed by atoms with E-state index >= 15 is 0 Å². The number of carboxylic acid groups (broad SMARTS) is 1. The molecule has 0 aromatic heterocycles. The van der Waals surface area contributed by atoms with Gasteiger partial charge in [0, 0.05) is 10.5 Å². The van der Waals surface area contributed by atoms with Gasteiger partial charge in [0.15, 0.2) is 0 Å². The lowest BCUT2D eigenvalue weighted by Crippen LogP contribution is -2.44. The molecule has 0 bridgehead atoms. The summed E-state index contributed by atoms with van der Waals surface area (Å²) >= 11 is 3.30. The molecule has 7 heteroatoms. The Balaban J connectivity index is 2.15. The monoisotopic (exact) mass is 409 g/mol. The fourth-order valence-corrected chi connectivity index (χ4v) is 5.06. The lowest BCUT2D eigenvalue weighted by molar-refractivity contribution is -0.139. The van der Waals surface area contributed by atoms with Crippen molar-refractivity contribution in [2.75, 3.05) is 4.31 Å². The first-order valence-electron chi connectivity index (χ1n) is 7.44. The van der Waals surface area contributed by atoms with Crippen LogP contribution in [0.15, 0.2) is 57.9 Å². The van der Waals surface area contributed by atoms with Gasteiger partial charge in [-0.3, -0.25) is 9.10 Å². The fourth-order valence-electron chi connectivity index (χ4n) is 3.10. The molecule has 0 aliphatic carbocycles. The molecule has 1 N–H and O–H groups in total. The average Bonchev–Trinajstić information content (AvgIpc) is 2.54. The van der Waals surface area contributed by atoms with Crippen molar-refractivity contribution in [3.05, 3.63) is 58.6 Å². The minimum atomic E-state index is -3.77. The number of halogens is 1. The Kier molecular flexibility index (Phi) is 4.40. The number of nitrogens with zero attached hydrogens (tertiary/aromatic N) is 1. The van der Waals surface area contributed by atoms with Crippen LogP contribution in [0, 0.1) is 0 Å². The number of anilines is 1. The highest BCUT2D eigenvalue weighted by molar-refractivity contribution is 9.10. The number of aliphatic carboxylic acids is 1. The van der Waals surface area contributed by atoms with Crippen LogP contribution in [-0.2, 0) is 14.8 Å². The second kappa shape index (κ2) is 6.22. The molecule has 1 aliphatic rings. The van der Waals surface area contributed by atoms with Gasteiger partial charge in [0.1, 0.15) is 0 Å². The quantitative estimate of drug-likeness (QED) is 0.839. The van der Waals surface area contributed by atoms with E-state index < -0.39 is 28.0 Å². The van der Waals surface area contributed by atoms with E-state index in [0.717, 1.165) is 4.47 Å². The number of para-hydroxylation sites is 1. The molecule has 2 atom stereocenters. The summed E-state index contributed by atoms with van der Waals surface area (Å²) in [6.07, 6.45) is 0.238. The Labute approximate surface area is 149 Å². The van der Waals surface area contributed by atoms with Crippen molar-refractivity contribution in [1.82, 2.24) is 0 Å². The first-order chi connectivity index (χ1) is 11.3. The predicted octanol–water partition coefficient (Wildman–Crippen LogP) is 3.60. The number of fused-ring (bicyclic) bond motifs is 1. The molecule has 5 nitrogen and oxygen atoms in total. The molecule has 0 fully saturated rings. The summed E-state index contributed by atoms with van der Waals surface area (Å²) in [4.78, 5) is 11.7. The van der Waals surface area contributed by atoms with E-state index in [2.05, 4.69) is 15.9 Å². The van der Waals surface area contributed by atoms with Crippen molar-refractivity contribution in [2.24, 2.45) is 0 Å². The molecule has 0 radical (unpaired) electrons. The Morgan fingerprint density at radius 2 is 1.79 bits per heavy atom. The molecule has 1 heterocycles. The third kappa shape index (κ3) is 2.82. The molecule has 126 valence electrons. The number of sulfonamides is 1. The molecule has 0 amide bonds. The van der Waals surface area contributed by atoms with Gasteiger partial charge in [-0.05, 0) is 49.2 Å². The smallest absolute Gasteiger partial charge is 0.311 e. The van der Waals surface area contributed by atoms with Crippen LogP contribution in [0.1, 0.15) is 24.8 Å². The molecule has 0 spiro atoms. The number of hydrogen-bond donors (Lipinski definition) is 1. The van der Waals surface area contributed by atoms with Crippen LogP contribution in [-0.4, -0.2) is 25.5 Å². The molecule has 2 aromatic rings. The third-order valence-electron chi connectivity index (χ3n) is 4.20. The van der Waals surface area contributed by atoms with Gasteiger partial charge in [0.25, 0.3) is 10.0 Å². The zero-order valence-electron chi connectivity index (χ0n) is 12.9. The van der Waals surface area contributed by atoms with E-state index in [0.29, 0.717) is 11.3 Å². The molecular weight excluding hydrogens is 394 g/mol. The highest BCUT2D eigenvalue weighted by Gasteiger charge is 2.39. The van der Waals surface area contributed by atoms with E-state index in [1.807, 2.05) is 0 Å².